The summed E-state index contributed by atoms with van der Waals surface area (Å²) in [5, 5.41) is 9.25. The Hall–Kier alpha value is -1.14. The summed E-state index contributed by atoms with van der Waals surface area (Å²) in [6.45, 7) is 8.51. The van der Waals surface area contributed by atoms with Crippen LogP contribution >= 0.6 is 11.3 Å². The lowest BCUT2D eigenvalue weighted by Crippen LogP contribution is -2.27. The van der Waals surface area contributed by atoms with E-state index in [0.29, 0.717) is 12.3 Å². The molecule has 1 aliphatic carbocycles. The van der Waals surface area contributed by atoms with Gasteiger partial charge < -0.3 is 0 Å². The molecule has 3 heteroatoms. The molecular weight excluding hydrogens is 242 g/mol. The van der Waals surface area contributed by atoms with Crippen LogP contribution in [-0.4, -0.2) is 5.78 Å². The normalized spacial score (nSPS) is 17.7. The van der Waals surface area contributed by atoms with E-state index in [9.17, 15) is 10.1 Å². The Bertz CT molecular complexity index is 531. The van der Waals surface area contributed by atoms with E-state index in [4.69, 9.17) is 0 Å². The van der Waals surface area contributed by atoms with Gasteiger partial charge in [0.25, 0.3) is 0 Å². The molecule has 0 bridgehead atoms. The van der Waals surface area contributed by atoms with Gasteiger partial charge in [0.1, 0.15) is 10.9 Å². The molecule has 0 amide bonds. The quantitative estimate of drug-likeness (QED) is 0.808. The molecule has 0 fully saturated rings. The van der Waals surface area contributed by atoms with Gasteiger partial charge in [0, 0.05) is 16.9 Å². The molecule has 1 aromatic heterocycles. The first-order valence-electron chi connectivity index (χ1n) is 6.42. The van der Waals surface area contributed by atoms with Crippen molar-refractivity contribution in [2.24, 2.45) is 11.3 Å². The summed E-state index contributed by atoms with van der Waals surface area (Å²) < 4.78 is 0. The maximum Gasteiger partial charge on any atom is 0.164 e. The Morgan fingerprint density at radius 3 is 2.61 bits per heavy atom. The van der Waals surface area contributed by atoms with Crippen molar-refractivity contribution >= 4 is 17.1 Å². The monoisotopic (exact) mass is 261 g/mol. The average Bonchev–Trinajstić information content (AvgIpc) is 2.53. The molecule has 0 radical (unpaired) electrons. The third-order valence-electron chi connectivity index (χ3n) is 3.35. The molecular formula is C15H19NOS. The molecule has 0 spiro atoms. The number of carbonyl (C=O) groups is 1. The number of rotatable bonds is 2. The van der Waals surface area contributed by atoms with Gasteiger partial charge in [0.2, 0.25) is 0 Å². The lowest BCUT2D eigenvalue weighted by Gasteiger charge is -2.29. The molecule has 2 rings (SSSR count). The van der Waals surface area contributed by atoms with Crippen molar-refractivity contribution in [1.82, 2.24) is 0 Å². The molecule has 1 aliphatic rings. The maximum absolute atomic E-state index is 12.3. The van der Waals surface area contributed by atoms with E-state index < -0.39 is 0 Å². The van der Waals surface area contributed by atoms with Crippen LogP contribution in [0.4, 0.5) is 0 Å². The molecule has 0 unspecified atom stereocenters. The smallest absolute Gasteiger partial charge is 0.164 e. The van der Waals surface area contributed by atoms with E-state index >= 15 is 0 Å². The first kappa shape index (κ1) is 13.3. The highest BCUT2D eigenvalue weighted by molar-refractivity contribution is 7.13. The fraction of sp³-hybridized carbons (Fsp3) is 0.600. The zero-order valence-electron chi connectivity index (χ0n) is 11.5. The van der Waals surface area contributed by atoms with E-state index in [2.05, 4.69) is 33.8 Å². The number of thiophene rings is 1. The largest absolute Gasteiger partial charge is 0.294 e. The number of ketones is 1. The molecule has 96 valence electrons. The van der Waals surface area contributed by atoms with E-state index in [1.54, 1.807) is 0 Å². The third kappa shape index (κ3) is 2.35. The highest BCUT2D eigenvalue weighted by Gasteiger charge is 2.35. The van der Waals surface area contributed by atoms with Gasteiger partial charge in [-0.15, -0.1) is 11.3 Å². The van der Waals surface area contributed by atoms with E-state index in [1.807, 2.05) is 0 Å². The minimum absolute atomic E-state index is 0.00808. The summed E-state index contributed by atoms with van der Waals surface area (Å²) in [5.74, 6) is 0.747. The van der Waals surface area contributed by atoms with Gasteiger partial charge >= 0.3 is 0 Å². The van der Waals surface area contributed by atoms with Gasteiger partial charge in [-0.3, -0.25) is 4.79 Å². The summed E-state index contributed by atoms with van der Waals surface area (Å²) in [4.78, 5) is 14.2. The van der Waals surface area contributed by atoms with Crippen LogP contribution in [0.3, 0.4) is 0 Å². The maximum atomic E-state index is 12.3. The summed E-state index contributed by atoms with van der Waals surface area (Å²) in [5.41, 5.74) is 1.88. The van der Waals surface area contributed by atoms with Crippen molar-refractivity contribution in [3.05, 3.63) is 20.9 Å². The Kier molecular flexibility index (Phi) is 3.33. The van der Waals surface area contributed by atoms with Crippen LogP contribution < -0.4 is 0 Å². The van der Waals surface area contributed by atoms with Gasteiger partial charge in [0.15, 0.2) is 5.78 Å². The zero-order chi connectivity index (χ0) is 13.5. The van der Waals surface area contributed by atoms with Crippen molar-refractivity contribution in [2.75, 3.05) is 0 Å². The first-order chi connectivity index (χ1) is 8.34. The summed E-state index contributed by atoms with van der Waals surface area (Å²) in [6.07, 6.45) is 2.36. The van der Waals surface area contributed by atoms with Gasteiger partial charge in [-0.1, -0.05) is 27.7 Å². The standard InChI is InChI=1S/C15H19NOS/c1-9(2)5-12-14-10(13(8-16)18-12)6-15(3,4)7-11(14)17/h9H,5-7H2,1-4H3. The van der Waals surface area contributed by atoms with Crippen LogP contribution in [0.2, 0.25) is 0 Å². The van der Waals surface area contributed by atoms with Gasteiger partial charge in [-0.2, -0.15) is 5.26 Å². The van der Waals surface area contributed by atoms with Gasteiger partial charge in [-0.25, -0.2) is 0 Å². The predicted octanol–water partition coefficient (Wildman–Crippen LogP) is 3.97. The fourth-order valence-electron chi connectivity index (χ4n) is 2.68. The predicted molar refractivity (Wildman–Crippen MR) is 74.0 cm³/mol. The highest BCUT2D eigenvalue weighted by atomic mass is 32.1. The number of hydrogen-bond donors (Lipinski definition) is 0. The van der Waals surface area contributed by atoms with Crippen LogP contribution in [0.25, 0.3) is 0 Å². The lowest BCUT2D eigenvalue weighted by atomic mass is 9.73. The van der Waals surface area contributed by atoms with Gasteiger partial charge in [-0.05, 0) is 29.7 Å². The SMILES string of the molecule is CC(C)Cc1sc(C#N)c2c1C(=O)CC(C)(C)C2. The second-order valence-electron chi connectivity index (χ2n) is 6.36. The molecule has 0 saturated carbocycles. The van der Waals surface area contributed by atoms with Gasteiger partial charge in [0.05, 0.1) is 0 Å². The molecule has 0 aliphatic heterocycles. The van der Waals surface area contributed by atoms with Crippen molar-refractivity contribution in [3.63, 3.8) is 0 Å². The Morgan fingerprint density at radius 1 is 1.39 bits per heavy atom. The van der Waals surface area contributed by atoms with Crippen molar-refractivity contribution < 1.29 is 4.79 Å². The third-order valence-corrected chi connectivity index (χ3v) is 4.51. The number of nitriles is 1. The molecule has 0 saturated heterocycles. The minimum atomic E-state index is -0.00808. The molecule has 18 heavy (non-hydrogen) atoms. The Balaban J connectivity index is 2.54. The van der Waals surface area contributed by atoms with E-state index in [1.165, 1.54) is 11.3 Å². The number of hydrogen-bond acceptors (Lipinski definition) is 3. The van der Waals surface area contributed by atoms with Crippen LogP contribution in [0.5, 0.6) is 0 Å². The Morgan fingerprint density at radius 2 is 2.06 bits per heavy atom. The van der Waals surface area contributed by atoms with Crippen LogP contribution in [-0.2, 0) is 12.8 Å². The Labute approximate surface area is 113 Å². The molecule has 0 atom stereocenters. The molecule has 2 nitrogen and oxygen atoms in total. The summed E-state index contributed by atoms with van der Waals surface area (Å²) in [6, 6.07) is 2.27. The van der Waals surface area contributed by atoms with Crippen LogP contribution in [0.1, 0.15) is 59.8 Å². The molecule has 0 aromatic carbocycles. The van der Waals surface area contributed by atoms with Crippen LogP contribution in [0, 0.1) is 22.7 Å². The van der Waals surface area contributed by atoms with Crippen LogP contribution in [0.15, 0.2) is 0 Å². The number of fused-ring (bicyclic) bond motifs is 1. The minimum Gasteiger partial charge on any atom is -0.294 e. The van der Waals surface area contributed by atoms with Crippen molar-refractivity contribution in [1.29, 1.82) is 5.26 Å². The first-order valence-corrected chi connectivity index (χ1v) is 7.23. The molecule has 0 N–H and O–H groups in total. The zero-order valence-corrected chi connectivity index (χ0v) is 12.3. The average molecular weight is 261 g/mol. The fourth-order valence-corrected chi connectivity index (χ4v) is 4.02. The highest BCUT2D eigenvalue weighted by Crippen LogP contribution is 2.41. The number of carbonyl (C=O) groups excluding carboxylic acids is 1. The summed E-state index contributed by atoms with van der Waals surface area (Å²) in [7, 11) is 0. The van der Waals surface area contributed by atoms with E-state index in [-0.39, 0.29) is 11.2 Å². The second-order valence-corrected chi connectivity index (χ2v) is 7.46. The molecule has 1 heterocycles. The summed E-state index contributed by atoms with van der Waals surface area (Å²) >= 11 is 1.53. The van der Waals surface area contributed by atoms with Crippen molar-refractivity contribution in [3.8, 4) is 6.07 Å². The van der Waals surface area contributed by atoms with Crippen molar-refractivity contribution in [2.45, 2.75) is 47.0 Å². The number of Topliss-reactive ketones (excluding diaryl/α,β-unsaturated/α-hetero) is 1. The topological polar surface area (TPSA) is 40.9 Å². The molecule has 1 aromatic rings. The lowest BCUT2D eigenvalue weighted by molar-refractivity contribution is 0.0912. The number of nitrogens with zero attached hydrogens (tertiary/aromatic N) is 1. The second kappa shape index (κ2) is 4.51. The van der Waals surface area contributed by atoms with E-state index in [0.717, 1.165) is 33.7 Å².